The van der Waals surface area contributed by atoms with Gasteiger partial charge in [0.2, 0.25) is 15.9 Å². The molecule has 0 unspecified atom stereocenters. The van der Waals surface area contributed by atoms with E-state index in [0.29, 0.717) is 18.7 Å². The van der Waals surface area contributed by atoms with Gasteiger partial charge in [-0.25, -0.2) is 8.42 Å². The number of rotatable bonds is 10. The first-order chi connectivity index (χ1) is 13.3. The van der Waals surface area contributed by atoms with Crippen molar-refractivity contribution in [3.8, 4) is 0 Å². The fourth-order valence-electron chi connectivity index (χ4n) is 2.89. The predicted octanol–water partition coefficient (Wildman–Crippen LogP) is 3.87. The molecule has 0 heterocycles. The van der Waals surface area contributed by atoms with Crippen LogP contribution < -0.4 is 9.62 Å². The largest absolute Gasteiger partial charge is 0.356 e. The van der Waals surface area contributed by atoms with Crippen LogP contribution in [0.3, 0.4) is 0 Å². The number of benzene rings is 2. The van der Waals surface area contributed by atoms with Crippen molar-refractivity contribution < 1.29 is 13.2 Å². The van der Waals surface area contributed by atoms with Crippen LogP contribution in [-0.2, 0) is 14.8 Å². The molecule has 28 heavy (non-hydrogen) atoms. The van der Waals surface area contributed by atoms with Gasteiger partial charge < -0.3 is 5.32 Å². The monoisotopic (exact) mass is 420 g/mol. The van der Waals surface area contributed by atoms with Gasteiger partial charge in [0.1, 0.15) is 0 Å². The summed E-state index contributed by atoms with van der Waals surface area (Å²) in [5.74, 6) is 0.168. The average Bonchev–Trinajstić information content (AvgIpc) is 2.69. The third-order valence-corrected chi connectivity index (χ3v) is 6.40. The van der Waals surface area contributed by atoms with Gasteiger partial charge in [0.05, 0.1) is 11.9 Å². The number of amides is 1. The quantitative estimate of drug-likeness (QED) is 0.593. The first-order valence-electron chi connectivity index (χ1n) is 9.24. The molecule has 0 fully saturated rings. The summed E-state index contributed by atoms with van der Waals surface area (Å²) in [5, 5.41) is 2.94. The zero-order chi connectivity index (χ0) is 20.6. The van der Waals surface area contributed by atoms with Crippen molar-refractivity contribution in [1.29, 1.82) is 0 Å². The Morgan fingerprint density at radius 1 is 1.14 bits per heavy atom. The predicted molar refractivity (Wildman–Crippen MR) is 118 cm³/mol. The topological polar surface area (TPSA) is 66.5 Å². The minimum absolute atomic E-state index is 0.0610. The second-order valence-corrected chi connectivity index (χ2v) is 9.54. The SMILES string of the molecule is CSc1cccc(N(CCCC(=O)NC[C@@H](C)c2ccccc2)S(C)(=O)=O)c1. The van der Waals surface area contributed by atoms with Crippen LogP contribution in [0.15, 0.2) is 59.5 Å². The highest BCUT2D eigenvalue weighted by molar-refractivity contribution is 7.98. The number of nitrogens with one attached hydrogen (secondary N) is 1. The number of carbonyl (C=O) groups is 1. The smallest absolute Gasteiger partial charge is 0.232 e. The standard InChI is InChI=1S/C21H28N2O3S2/c1-17(18-9-5-4-6-10-18)16-22-21(24)13-8-14-23(28(3,25)26)19-11-7-12-20(15-19)27-2/h4-7,9-12,15,17H,8,13-14,16H2,1-3H3,(H,22,24)/t17-/m1/s1. The highest BCUT2D eigenvalue weighted by atomic mass is 32.2. The van der Waals surface area contributed by atoms with Crippen LogP contribution >= 0.6 is 11.8 Å². The number of hydrogen-bond donors (Lipinski definition) is 1. The van der Waals surface area contributed by atoms with E-state index in [2.05, 4.69) is 12.2 Å². The normalized spacial score (nSPS) is 12.4. The molecule has 1 N–H and O–H groups in total. The van der Waals surface area contributed by atoms with Gasteiger partial charge in [-0.2, -0.15) is 0 Å². The molecule has 2 rings (SSSR count). The van der Waals surface area contributed by atoms with Gasteiger partial charge in [0, 0.05) is 24.4 Å². The van der Waals surface area contributed by atoms with E-state index < -0.39 is 10.0 Å². The zero-order valence-corrected chi connectivity index (χ0v) is 18.2. The van der Waals surface area contributed by atoms with Gasteiger partial charge in [-0.3, -0.25) is 9.10 Å². The van der Waals surface area contributed by atoms with Crippen LogP contribution in [0.4, 0.5) is 5.69 Å². The van der Waals surface area contributed by atoms with Crippen LogP contribution in [0.5, 0.6) is 0 Å². The van der Waals surface area contributed by atoms with Crippen molar-refractivity contribution in [2.24, 2.45) is 0 Å². The molecule has 1 amide bonds. The maximum atomic E-state index is 12.2. The van der Waals surface area contributed by atoms with E-state index in [4.69, 9.17) is 0 Å². The number of carbonyl (C=O) groups excluding carboxylic acids is 1. The van der Waals surface area contributed by atoms with Crippen LogP contribution in [-0.4, -0.2) is 39.9 Å². The lowest BCUT2D eigenvalue weighted by Gasteiger charge is -2.23. The lowest BCUT2D eigenvalue weighted by molar-refractivity contribution is -0.121. The van der Waals surface area contributed by atoms with E-state index >= 15 is 0 Å². The third-order valence-electron chi connectivity index (χ3n) is 4.48. The lowest BCUT2D eigenvalue weighted by Crippen LogP contribution is -2.32. The first kappa shape index (κ1) is 22.3. The Kier molecular flexibility index (Phi) is 8.38. The lowest BCUT2D eigenvalue weighted by atomic mass is 10.0. The molecule has 152 valence electrons. The molecular weight excluding hydrogens is 392 g/mol. The molecular formula is C21H28N2O3S2. The second-order valence-electron chi connectivity index (χ2n) is 6.76. The maximum absolute atomic E-state index is 12.2. The van der Waals surface area contributed by atoms with Crippen LogP contribution in [0.1, 0.15) is 31.2 Å². The summed E-state index contributed by atoms with van der Waals surface area (Å²) in [6.45, 7) is 2.91. The fraction of sp³-hybridized carbons (Fsp3) is 0.381. The summed E-state index contributed by atoms with van der Waals surface area (Å²) < 4.78 is 25.8. The van der Waals surface area contributed by atoms with Crippen LogP contribution in [0.25, 0.3) is 0 Å². The summed E-state index contributed by atoms with van der Waals surface area (Å²) >= 11 is 1.56. The maximum Gasteiger partial charge on any atom is 0.232 e. The molecule has 5 nitrogen and oxygen atoms in total. The first-order valence-corrected chi connectivity index (χ1v) is 12.3. The molecule has 0 saturated heterocycles. The Balaban J connectivity index is 1.87. The molecule has 7 heteroatoms. The minimum Gasteiger partial charge on any atom is -0.356 e. The number of hydrogen-bond acceptors (Lipinski definition) is 4. The summed E-state index contributed by atoms with van der Waals surface area (Å²) in [7, 11) is -3.41. The molecule has 0 aromatic heterocycles. The molecule has 2 aromatic carbocycles. The van der Waals surface area contributed by atoms with Gasteiger partial charge in [0.15, 0.2) is 0 Å². The number of thioether (sulfide) groups is 1. The Hall–Kier alpha value is -1.99. The van der Waals surface area contributed by atoms with Crippen LogP contribution in [0, 0.1) is 0 Å². The van der Waals surface area contributed by atoms with Crippen molar-refractivity contribution in [2.45, 2.75) is 30.6 Å². The molecule has 0 bridgehead atoms. The number of nitrogens with zero attached hydrogens (tertiary/aromatic N) is 1. The zero-order valence-electron chi connectivity index (χ0n) is 16.6. The molecule has 0 spiro atoms. The van der Waals surface area contributed by atoms with Crippen molar-refractivity contribution in [2.75, 3.05) is 29.9 Å². The fourth-order valence-corrected chi connectivity index (χ4v) is 4.30. The Morgan fingerprint density at radius 2 is 1.86 bits per heavy atom. The van der Waals surface area contributed by atoms with Gasteiger partial charge in [-0.1, -0.05) is 43.3 Å². The summed E-state index contributed by atoms with van der Waals surface area (Å²) in [6.07, 6.45) is 3.89. The van der Waals surface area contributed by atoms with Crippen molar-refractivity contribution >= 4 is 33.4 Å². The van der Waals surface area contributed by atoms with E-state index in [9.17, 15) is 13.2 Å². The Bertz CT molecular complexity index is 870. The molecule has 1 atom stereocenters. The van der Waals surface area contributed by atoms with E-state index in [0.717, 1.165) is 4.90 Å². The average molecular weight is 421 g/mol. The summed E-state index contributed by atoms with van der Waals surface area (Å²) in [4.78, 5) is 13.2. The second kappa shape index (κ2) is 10.5. The van der Waals surface area contributed by atoms with Crippen molar-refractivity contribution in [3.63, 3.8) is 0 Å². The highest BCUT2D eigenvalue weighted by Crippen LogP contribution is 2.24. The number of sulfonamides is 1. The molecule has 0 saturated carbocycles. The van der Waals surface area contributed by atoms with E-state index in [1.54, 1.807) is 17.8 Å². The van der Waals surface area contributed by atoms with Gasteiger partial charge >= 0.3 is 0 Å². The Morgan fingerprint density at radius 3 is 2.50 bits per heavy atom. The van der Waals surface area contributed by atoms with E-state index in [1.807, 2.05) is 54.8 Å². The third kappa shape index (κ3) is 6.87. The summed E-state index contributed by atoms with van der Waals surface area (Å²) in [5.41, 5.74) is 1.81. The molecule has 2 aromatic rings. The minimum atomic E-state index is -3.41. The van der Waals surface area contributed by atoms with Gasteiger partial charge in [0.25, 0.3) is 0 Å². The Labute approximate surface area is 172 Å². The molecule has 0 radical (unpaired) electrons. The van der Waals surface area contributed by atoms with Crippen LogP contribution in [0.2, 0.25) is 0 Å². The van der Waals surface area contributed by atoms with Crippen molar-refractivity contribution in [3.05, 3.63) is 60.2 Å². The van der Waals surface area contributed by atoms with Crippen molar-refractivity contribution in [1.82, 2.24) is 5.32 Å². The summed E-state index contributed by atoms with van der Waals surface area (Å²) in [6, 6.07) is 17.5. The van der Waals surface area contributed by atoms with Gasteiger partial charge in [-0.15, -0.1) is 11.8 Å². The molecule has 0 aliphatic carbocycles. The molecule has 0 aliphatic heterocycles. The number of anilines is 1. The molecule has 0 aliphatic rings. The van der Waals surface area contributed by atoms with E-state index in [1.165, 1.54) is 16.1 Å². The highest BCUT2D eigenvalue weighted by Gasteiger charge is 2.18. The van der Waals surface area contributed by atoms with E-state index in [-0.39, 0.29) is 24.8 Å². The van der Waals surface area contributed by atoms with Gasteiger partial charge in [-0.05, 0) is 42.4 Å².